The Morgan fingerprint density at radius 3 is 2.52 bits per heavy atom. The van der Waals surface area contributed by atoms with Gasteiger partial charge in [-0.25, -0.2) is 14.5 Å². The van der Waals surface area contributed by atoms with Crippen LogP contribution in [0.1, 0.15) is 76.7 Å². The number of carboxylic acids is 1. The number of aromatic nitrogens is 3. The summed E-state index contributed by atoms with van der Waals surface area (Å²) < 4.78 is 8.19. The summed E-state index contributed by atoms with van der Waals surface area (Å²) in [6, 6.07) is 18.6. The van der Waals surface area contributed by atoms with E-state index in [0.29, 0.717) is 23.6 Å². The average Bonchev–Trinajstić information content (AvgIpc) is 3.59. The van der Waals surface area contributed by atoms with Gasteiger partial charge in [0.15, 0.2) is 5.82 Å². The molecule has 42 heavy (non-hydrogen) atoms. The van der Waals surface area contributed by atoms with Crippen molar-refractivity contribution in [1.29, 1.82) is 0 Å². The highest BCUT2D eigenvalue weighted by molar-refractivity contribution is 5.87. The molecule has 2 aromatic carbocycles. The fraction of sp³-hybridized carbons (Fsp3) is 0.353. The van der Waals surface area contributed by atoms with Crippen LogP contribution in [0.5, 0.6) is 5.75 Å². The zero-order valence-corrected chi connectivity index (χ0v) is 23.7. The second kappa shape index (κ2) is 10.7. The first kappa shape index (κ1) is 26.4. The van der Waals surface area contributed by atoms with E-state index in [0.717, 1.165) is 79.7 Å². The SMILES string of the molecule is Cc1cc(C2CCN(C(=O)C3CC3)CC2)ccc1OC1CCc2cccc(-c3cccc(-n4cc(C(=O)O)cn4)n3)c21. The number of hydrogen-bond donors (Lipinski definition) is 1. The number of pyridine rings is 1. The Balaban J connectivity index is 1.09. The maximum Gasteiger partial charge on any atom is 0.338 e. The molecule has 1 N–H and O–H groups in total. The van der Waals surface area contributed by atoms with E-state index in [9.17, 15) is 14.7 Å². The molecule has 4 aromatic rings. The second-order valence-corrected chi connectivity index (χ2v) is 11.8. The predicted molar refractivity (Wildman–Crippen MR) is 158 cm³/mol. The number of carbonyl (C=O) groups is 2. The van der Waals surface area contributed by atoms with E-state index in [4.69, 9.17) is 9.72 Å². The summed E-state index contributed by atoms with van der Waals surface area (Å²) in [4.78, 5) is 30.7. The van der Waals surface area contributed by atoms with Gasteiger partial charge in [-0.2, -0.15) is 5.10 Å². The van der Waals surface area contributed by atoms with Crippen LogP contribution in [0.15, 0.2) is 67.0 Å². The summed E-state index contributed by atoms with van der Waals surface area (Å²) in [5, 5.41) is 13.5. The molecule has 2 fully saturated rings. The normalized spacial score (nSPS) is 18.6. The summed E-state index contributed by atoms with van der Waals surface area (Å²) >= 11 is 0. The zero-order chi connectivity index (χ0) is 28.8. The maximum absolute atomic E-state index is 12.5. The van der Waals surface area contributed by atoms with E-state index in [2.05, 4.69) is 53.3 Å². The van der Waals surface area contributed by atoms with Crippen molar-refractivity contribution in [2.75, 3.05) is 13.1 Å². The van der Waals surface area contributed by atoms with Gasteiger partial charge in [-0.3, -0.25) is 4.79 Å². The van der Waals surface area contributed by atoms with Crippen molar-refractivity contribution >= 4 is 11.9 Å². The number of nitrogens with zero attached hydrogens (tertiary/aromatic N) is 4. The molecule has 3 heterocycles. The van der Waals surface area contributed by atoms with Crippen LogP contribution in [0.3, 0.4) is 0 Å². The molecule has 2 aliphatic carbocycles. The Morgan fingerprint density at radius 1 is 0.976 bits per heavy atom. The van der Waals surface area contributed by atoms with Crippen molar-refractivity contribution in [3.8, 4) is 22.8 Å². The van der Waals surface area contributed by atoms with Gasteiger partial charge in [-0.15, -0.1) is 0 Å². The maximum atomic E-state index is 12.5. The number of piperidine rings is 1. The van der Waals surface area contributed by atoms with Crippen LogP contribution in [-0.2, 0) is 11.2 Å². The minimum Gasteiger partial charge on any atom is -0.485 e. The van der Waals surface area contributed by atoms with E-state index in [1.807, 2.05) is 18.2 Å². The summed E-state index contributed by atoms with van der Waals surface area (Å²) in [5.41, 5.74) is 6.81. The van der Waals surface area contributed by atoms with E-state index in [1.165, 1.54) is 28.2 Å². The van der Waals surface area contributed by atoms with Crippen LogP contribution in [0.4, 0.5) is 0 Å². The number of likely N-dealkylation sites (tertiary alicyclic amines) is 1. The van der Waals surface area contributed by atoms with Gasteiger partial charge in [-0.05, 0) is 86.3 Å². The molecule has 1 unspecified atom stereocenters. The van der Waals surface area contributed by atoms with Gasteiger partial charge in [0.25, 0.3) is 0 Å². The van der Waals surface area contributed by atoms with Gasteiger partial charge in [-0.1, -0.05) is 36.4 Å². The topological polar surface area (TPSA) is 97.5 Å². The van der Waals surface area contributed by atoms with Crippen LogP contribution in [0.25, 0.3) is 17.1 Å². The average molecular weight is 563 g/mol. The van der Waals surface area contributed by atoms with Gasteiger partial charge >= 0.3 is 5.97 Å². The quantitative estimate of drug-likeness (QED) is 0.291. The number of fused-ring (bicyclic) bond motifs is 1. The van der Waals surface area contributed by atoms with Crippen LogP contribution in [-0.4, -0.2) is 49.7 Å². The van der Waals surface area contributed by atoms with Crippen molar-refractivity contribution < 1.29 is 19.4 Å². The monoisotopic (exact) mass is 562 g/mol. The molecule has 1 amide bonds. The molecule has 1 saturated carbocycles. The van der Waals surface area contributed by atoms with Crippen molar-refractivity contribution in [2.45, 2.75) is 57.5 Å². The zero-order valence-electron chi connectivity index (χ0n) is 23.7. The Bertz CT molecular complexity index is 1670. The lowest BCUT2D eigenvalue weighted by Gasteiger charge is -2.32. The third-order valence-electron chi connectivity index (χ3n) is 8.94. The Labute approximate surface area is 245 Å². The van der Waals surface area contributed by atoms with Gasteiger partial charge in [0, 0.05) is 36.3 Å². The first-order valence-corrected chi connectivity index (χ1v) is 14.9. The molecule has 8 nitrogen and oxygen atoms in total. The number of hydrogen-bond acceptors (Lipinski definition) is 5. The largest absolute Gasteiger partial charge is 0.485 e. The van der Waals surface area contributed by atoms with Crippen LogP contribution < -0.4 is 4.74 Å². The van der Waals surface area contributed by atoms with Gasteiger partial charge < -0.3 is 14.7 Å². The number of carboxylic acid groups (broad SMARTS) is 1. The van der Waals surface area contributed by atoms with Crippen LogP contribution in [0, 0.1) is 12.8 Å². The summed E-state index contributed by atoms with van der Waals surface area (Å²) in [5.74, 6) is 1.56. The molecular weight excluding hydrogens is 528 g/mol. The first-order valence-electron chi connectivity index (χ1n) is 14.9. The highest BCUT2D eigenvalue weighted by atomic mass is 16.5. The minimum atomic E-state index is -1.02. The van der Waals surface area contributed by atoms with Crippen molar-refractivity contribution in [3.63, 3.8) is 0 Å². The van der Waals surface area contributed by atoms with Crippen molar-refractivity contribution in [1.82, 2.24) is 19.7 Å². The van der Waals surface area contributed by atoms with Gasteiger partial charge in [0.2, 0.25) is 5.91 Å². The van der Waals surface area contributed by atoms with Crippen LogP contribution >= 0.6 is 0 Å². The Kier molecular flexibility index (Phi) is 6.76. The van der Waals surface area contributed by atoms with E-state index in [-0.39, 0.29) is 11.7 Å². The molecule has 7 rings (SSSR count). The highest BCUT2D eigenvalue weighted by Gasteiger charge is 2.35. The number of rotatable bonds is 7. The second-order valence-electron chi connectivity index (χ2n) is 11.8. The highest BCUT2D eigenvalue weighted by Crippen LogP contribution is 2.42. The van der Waals surface area contributed by atoms with Crippen molar-refractivity contribution in [2.24, 2.45) is 5.92 Å². The molecule has 0 spiro atoms. The van der Waals surface area contributed by atoms with Gasteiger partial charge in [0.1, 0.15) is 11.9 Å². The molecule has 8 heteroatoms. The first-order chi connectivity index (χ1) is 20.4. The number of aryl methyl sites for hydroxylation is 2. The third-order valence-corrected chi connectivity index (χ3v) is 8.94. The molecule has 1 atom stereocenters. The number of benzene rings is 2. The Morgan fingerprint density at radius 2 is 1.79 bits per heavy atom. The van der Waals surface area contributed by atoms with E-state index in [1.54, 1.807) is 0 Å². The fourth-order valence-corrected chi connectivity index (χ4v) is 6.48. The molecule has 3 aliphatic rings. The minimum absolute atomic E-state index is 0.0915. The van der Waals surface area contributed by atoms with Crippen LogP contribution in [0.2, 0.25) is 0 Å². The molecule has 0 bridgehead atoms. The van der Waals surface area contributed by atoms with Gasteiger partial charge in [0.05, 0.1) is 17.5 Å². The van der Waals surface area contributed by atoms with E-state index < -0.39 is 5.97 Å². The Hall–Kier alpha value is -4.46. The molecule has 0 radical (unpaired) electrons. The third kappa shape index (κ3) is 5.06. The number of aromatic carboxylic acids is 1. The summed E-state index contributed by atoms with van der Waals surface area (Å²) in [7, 11) is 0. The smallest absolute Gasteiger partial charge is 0.338 e. The molecule has 1 aliphatic heterocycles. The van der Waals surface area contributed by atoms with Crippen molar-refractivity contribution in [3.05, 3.63) is 94.8 Å². The lowest BCUT2D eigenvalue weighted by Crippen LogP contribution is -2.38. The number of amides is 1. The summed E-state index contributed by atoms with van der Waals surface area (Å²) in [6.45, 7) is 3.83. The predicted octanol–water partition coefficient (Wildman–Crippen LogP) is 6.12. The summed E-state index contributed by atoms with van der Waals surface area (Å²) in [6.07, 6.45) is 8.69. The molecular formula is C34H34N4O4. The van der Waals surface area contributed by atoms with E-state index >= 15 is 0 Å². The number of ether oxygens (including phenoxy) is 1. The number of carbonyl (C=O) groups excluding carboxylic acids is 1. The lowest BCUT2D eigenvalue weighted by atomic mass is 9.88. The molecule has 214 valence electrons. The standard InChI is InChI=1S/C34H34N4O4/c1-21-18-25(22-14-16-37(17-15-22)33(39)24-8-9-24)11-12-29(21)42-30-13-10-23-4-2-5-27(32(23)30)28-6-3-7-31(36-28)38-20-26(19-35-38)34(40)41/h2-7,11-12,18-20,22,24,30H,8-10,13-17H2,1H3,(H,40,41). The molecule has 2 aromatic heterocycles. The fourth-order valence-electron chi connectivity index (χ4n) is 6.48. The lowest BCUT2D eigenvalue weighted by molar-refractivity contribution is -0.133. The molecule has 1 saturated heterocycles.